The van der Waals surface area contributed by atoms with Gasteiger partial charge in [0.25, 0.3) is 5.91 Å². The summed E-state index contributed by atoms with van der Waals surface area (Å²) in [5.74, 6) is -2.90. The summed E-state index contributed by atoms with van der Waals surface area (Å²) in [6, 6.07) is 0.855. The highest BCUT2D eigenvalue weighted by Gasteiger charge is 2.24. The maximum absolute atomic E-state index is 13.8. The summed E-state index contributed by atoms with van der Waals surface area (Å²) < 4.78 is 27.0. The molecule has 0 saturated carbocycles. The maximum Gasteiger partial charge on any atom is 0.308 e. The van der Waals surface area contributed by atoms with E-state index in [4.69, 9.17) is 0 Å². The lowest BCUT2D eigenvalue weighted by atomic mass is 10.0. The molecule has 5 nitrogen and oxygen atoms in total. The Bertz CT molecular complexity index is 533. The van der Waals surface area contributed by atoms with Gasteiger partial charge in [0.2, 0.25) is 5.82 Å². The highest BCUT2D eigenvalue weighted by atomic mass is 19.1. The molecular weight excluding hydrogens is 270 g/mol. The second-order valence-corrected chi connectivity index (χ2v) is 5.05. The van der Waals surface area contributed by atoms with E-state index in [9.17, 15) is 23.7 Å². The molecule has 20 heavy (non-hydrogen) atoms. The first-order chi connectivity index (χ1) is 9.22. The molecule has 1 atom stereocenters. The van der Waals surface area contributed by atoms with Gasteiger partial charge in [-0.1, -0.05) is 13.8 Å². The Labute approximate surface area is 115 Å². The maximum atomic E-state index is 13.8. The lowest BCUT2D eigenvalue weighted by molar-refractivity contribution is -0.387. The van der Waals surface area contributed by atoms with Crippen molar-refractivity contribution in [2.45, 2.75) is 33.2 Å². The lowest BCUT2D eigenvalue weighted by Gasteiger charge is -2.16. The van der Waals surface area contributed by atoms with Crippen molar-refractivity contribution in [2.75, 3.05) is 0 Å². The van der Waals surface area contributed by atoms with Gasteiger partial charge in [-0.15, -0.1) is 0 Å². The standard InChI is InChI=1S/C13H16F2N2O3/c1-7(2)4-8(3)16-13(18)10-5-9(14)6-11(12(10)15)17(19)20/h5-8H,4H2,1-3H3,(H,16,18). The van der Waals surface area contributed by atoms with Crippen LogP contribution in [0.4, 0.5) is 14.5 Å². The number of nitrogens with one attached hydrogen (secondary N) is 1. The van der Waals surface area contributed by atoms with Crippen molar-refractivity contribution < 1.29 is 18.5 Å². The molecule has 0 spiro atoms. The zero-order valence-corrected chi connectivity index (χ0v) is 11.4. The molecule has 7 heteroatoms. The summed E-state index contributed by atoms with van der Waals surface area (Å²) in [5, 5.41) is 13.1. The minimum Gasteiger partial charge on any atom is -0.349 e. The van der Waals surface area contributed by atoms with Crippen LogP contribution in [0.3, 0.4) is 0 Å². The third-order valence-electron chi connectivity index (χ3n) is 2.66. The number of nitro groups is 1. The van der Waals surface area contributed by atoms with E-state index < -0.39 is 33.7 Å². The summed E-state index contributed by atoms with van der Waals surface area (Å²) in [6.07, 6.45) is 0.658. The number of carbonyl (C=O) groups excluding carboxylic acids is 1. The number of halogens is 2. The summed E-state index contributed by atoms with van der Waals surface area (Å²) in [6.45, 7) is 5.63. The summed E-state index contributed by atoms with van der Waals surface area (Å²) in [4.78, 5) is 21.4. The van der Waals surface area contributed by atoms with Crippen LogP contribution in [-0.2, 0) is 0 Å². The van der Waals surface area contributed by atoms with Crippen molar-refractivity contribution in [3.8, 4) is 0 Å². The normalized spacial score (nSPS) is 12.3. The number of carbonyl (C=O) groups is 1. The van der Waals surface area contributed by atoms with Gasteiger partial charge in [0.15, 0.2) is 0 Å². The molecule has 110 valence electrons. The number of benzene rings is 1. The van der Waals surface area contributed by atoms with E-state index in [-0.39, 0.29) is 6.04 Å². The smallest absolute Gasteiger partial charge is 0.308 e. The van der Waals surface area contributed by atoms with E-state index >= 15 is 0 Å². The average Bonchev–Trinajstić information content (AvgIpc) is 2.29. The Kier molecular flexibility index (Phi) is 5.12. The third kappa shape index (κ3) is 3.97. The van der Waals surface area contributed by atoms with E-state index in [0.717, 1.165) is 0 Å². The van der Waals surface area contributed by atoms with Crippen molar-refractivity contribution in [1.82, 2.24) is 5.32 Å². The van der Waals surface area contributed by atoms with Crippen LogP contribution in [0, 0.1) is 27.7 Å². The molecule has 0 heterocycles. The van der Waals surface area contributed by atoms with E-state index in [1.54, 1.807) is 6.92 Å². The van der Waals surface area contributed by atoms with Crippen LogP contribution in [-0.4, -0.2) is 16.9 Å². The van der Waals surface area contributed by atoms with Crippen molar-refractivity contribution >= 4 is 11.6 Å². The van der Waals surface area contributed by atoms with E-state index in [1.807, 2.05) is 13.8 Å². The SMILES string of the molecule is CC(C)CC(C)NC(=O)c1cc(F)cc([N+](=O)[O-])c1F. The first-order valence-electron chi connectivity index (χ1n) is 6.16. The van der Waals surface area contributed by atoms with Crippen LogP contribution in [0.25, 0.3) is 0 Å². The van der Waals surface area contributed by atoms with Gasteiger partial charge >= 0.3 is 5.69 Å². The number of nitrogens with zero attached hydrogens (tertiary/aromatic N) is 1. The molecule has 0 bridgehead atoms. The van der Waals surface area contributed by atoms with Gasteiger partial charge < -0.3 is 5.32 Å². The highest BCUT2D eigenvalue weighted by molar-refractivity contribution is 5.95. The molecule has 1 aromatic carbocycles. The third-order valence-corrected chi connectivity index (χ3v) is 2.66. The fourth-order valence-corrected chi connectivity index (χ4v) is 1.94. The van der Waals surface area contributed by atoms with Crippen molar-refractivity contribution in [3.05, 3.63) is 39.4 Å². The zero-order valence-electron chi connectivity index (χ0n) is 11.4. The number of amides is 1. The van der Waals surface area contributed by atoms with E-state index in [0.29, 0.717) is 24.5 Å². The van der Waals surface area contributed by atoms with Gasteiger partial charge in [0, 0.05) is 6.04 Å². The van der Waals surface area contributed by atoms with Crippen molar-refractivity contribution in [2.24, 2.45) is 5.92 Å². The number of rotatable bonds is 5. The van der Waals surface area contributed by atoms with Crippen molar-refractivity contribution in [1.29, 1.82) is 0 Å². The Morgan fingerprint density at radius 1 is 1.35 bits per heavy atom. The first kappa shape index (κ1) is 16.0. The molecule has 0 saturated heterocycles. The molecule has 1 N–H and O–H groups in total. The van der Waals surface area contributed by atoms with Gasteiger partial charge in [0.05, 0.1) is 16.6 Å². The molecule has 0 aliphatic heterocycles. The molecule has 0 aromatic heterocycles. The van der Waals surface area contributed by atoms with Crippen LogP contribution in [0.2, 0.25) is 0 Å². The lowest BCUT2D eigenvalue weighted by Crippen LogP contribution is -2.34. The summed E-state index contributed by atoms with van der Waals surface area (Å²) >= 11 is 0. The largest absolute Gasteiger partial charge is 0.349 e. The van der Waals surface area contributed by atoms with Crippen LogP contribution >= 0.6 is 0 Å². The van der Waals surface area contributed by atoms with Gasteiger partial charge in [-0.2, -0.15) is 4.39 Å². The minimum absolute atomic E-state index is 0.246. The number of hydrogen-bond donors (Lipinski definition) is 1. The van der Waals surface area contributed by atoms with Crippen LogP contribution < -0.4 is 5.32 Å². The summed E-state index contributed by atoms with van der Waals surface area (Å²) in [7, 11) is 0. The predicted molar refractivity (Wildman–Crippen MR) is 69.4 cm³/mol. The van der Waals surface area contributed by atoms with Crippen LogP contribution in [0.5, 0.6) is 0 Å². The highest BCUT2D eigenvalue weighted by Crippen LogP contribution is 2.22. The minimum atomic E-state index is -1.33. The van der Waals surface area contributed by atoms with Gasteiger partial charge in [-0.3, -0.25) is 14.9 Å². The molecular formula is C13H16F2N2O3. The number of nitro benzene ring substituents is 1. The molecule has 0 fully saturated rings. The Morgan fingerprint density at radius 3 is 2.45 bits per heavy atom. The molecule has 1 unspecified atom stereocenters. The van der Waals surface area contributed by atoms with E-state index in [2.05, 4.69) is 5.32 Å². The van der Waals surface area contributed by atoms with Crippen molar-refractivity contribution in [3.63, 3.8) is 0 Å². The molecule has 1 aromatic rings. The second-order valence-electron chi connectivity index (χ2n) is 5.05. The monoisotopic (exact) mass is 286 g/mol. The fraction of sp³-hybridized carbons (Fsp3) is 0.462. The fourth-order valence-electron chi connectivity index (χ4n) is 1.94. The molecule has 0 aliphatic rings. The first-order valence-corrected chi connectivity index (χ1v) is 6.16. The average molecular weight is 286 g/mol. The molecule has 1 rings (SSSR count). The molecule has 0 aliphatic carbocycles. The second kappa shape index (κ2) is 6.40. The zero-order chi connectivity index (χ0) is 15.4. The molecule has 1 amide bonds. The van der Waals surface area contributed by atoms with Gasteiger partial charge in [-0.05, 0) is 25.3 Å². The summed E-state index contributed by atoms with van der Waals surface area (Å²) in [5.41, 5.74) is -1.71. The molecule has 0 radical (unpaired) electrons. The Hall–Kier alpha value is -2.05. The number of hydrogen-bond acceptors (Lipinski definition) is 3. The van der Waals surface area contributed by atoms with Crippen LogP contribution in [0.1, 0.15) is 37.6 Å². The van der Waals surface area contributed by atoms with Crippen LogP contribution in [0.15, 0.2) is 12.1 Å². The van der Waals surface area contributed by atoms with Gasteiger partial charge in [0.1, 0.15) is 5.82 Å². The topological polar surface area (TPSA) is 72.2 Å². The van der Waals surface area contributed by atoms with Gasteiger partial charge in [-0.25, -0.2) is 4.39 Å². The predicted octanol–water partition coefficient (Wildman–Crippen LogP) is 3.04. The van der Waals surface area contributed by atoms with E-state index in [1.165, 1.54) is 0 Å². The Balaban J connectivity index is 3.01. The quantitative estimate of drug-likeness (QED) is 0.668. The Morgan fingerprint density at radius 2 is 1.95 bits per heavy atom.